The SMILES string of the molecule is CCOc1ccccc1CNC(=O)CN(c1cc(Cl)ccc1OC)S(=O)(=O)c1ccc(C)c([N+](=O)[O-])c1. The van der Waals surface area contributed by atoms with Gasteiger partial charge in [0.1, 0.15) is 18.0 Å². The molecule has 196 valence electrons. The van der Waals surface area contributed by atoms with Crippen LogP contribution in [0.1, 0.15) is 18.1 Å². The van der Waals surface area contributed by atoms with E-state index in [1.165, 1.54) is 44.4 Å². The molecule has 0 heterocycles. The van der Waals surface area contributed by atoms with Gasteiger partial charge in [-0.25, -0.2) is 8.42 Å². The van der Waals surface area contributed by atoms with Gasteiger partial charge in [-0.3, -0.25) is 19.2 Å². The molecular formula is C25H26ClN3O7S. The third-order valence-corrected chi connectivity index (χ3v) is 7.40. The van der Waals surface area contributed by atoms with Gasteiger partial charge in [-0.05, 0) is 44.2 Å². The predicted molar refractivity (Wildman–Crippen MR) is 140 cm³/mol. The third-order valence-electron chi connectivity index (χ3n) is 5.41. The minimum atomic E-state index is -4.47. The normalized spacial score (nSPS) is 11.0. The van der Waals surface area contributed by atoms with Gasteiger partial charge in [0.25, 0.3) is 15.7 Å². The summed E-state index contributed by atoms with van der Waals surface area (Å²) in [7, 11) is -3.12. The predicted octanol–water partition coefficient (Wildman–Crippen LogP) is 4.48. The largest absolute Gasteiger partial charge is 0.495 e. The number of hydrogen-bond donors (Lipinski definition) is 1. The molecule has 37 heavy (non-hydrogen) atoms. The highest BCUT2D eigenvalue weighted by atomic mass is 35.5. The number of anilines is 1. The molecule has 0 bridgehead atoms. The number of carbonyl (C=O) groups is 1. The first-order chi connectivity index (χ1) is 17.6. The molecule has 0 aliphatic carbocycles. The molecule has 1 amide bonds. The van der Waals surface area contributed by atoms with Crippen molar-refractivity contribution < 1.29 is 27.6 Å². The zero-order valence-corrected chi connectivity index (χ0v) is 22.0. The maximum absolute atomic E-state index is 13.8. The average Bonchev–Trinajstić information content (AvgIpc) is 2.86. The van der Waals surface area contributed by atoms with E-state index in [-0.39, 0.29) is 33.6 Å². The van der Waals surface area contributed by atoms with Crippen LogP contribution in [0.15, 0.2) is 65.6 Å². The Morgan fingerprint density at radius 1 is 1.11 bits per heavy atom. The molecule has 0 aliphatic heterocycles. The summed E-state index contributed by atoms with van der Waals surface area (Å²) >= 11 is 6.15. The lowest BCUT2D eigenvalue weighted by molar-refractivity contribution is -0.385. The van der Waals surface area contributed by atoms with Crippen LogP contribution in [0.25, 0.3) is 0 Å². The number of rotatable bonds is 11. The number of nitro groups is 1. The fraction of sp³-hybridized carbons (Fsp3) is 0.240. The van der Waals surface area contributed by atoms with Crippen molar-refractivity contribution in [2.24, 2.45) is 0 Å². The van der Waals surface area contributed by atoms with E-state index in [9.17, 15) is 23.3 Å². The van der Waals surface area contributed by atoms with E-state index in [0.29, 0.717) is 23.5 Å². The summed E-state index contributed by atoms with van der Waals surface area (Å²) < 4.78 is 39.2. The highest BCUT2D eigenvalue weighted by molar-refractivity contribution is 7.92. The highest BCUT2D eigenvalue weighted by Gasteiger charge is 2.31. The van der Waals surface area contributed by atoms with E-state index >= 15 is 0 Å². The number of benzene rings is 3. The number of nitro benzene ring substituents is 1. The molecule has 0 radical (unpaired) electrons. The van der Waals surface area contributed by atoms with Crippen LogP contribution in [0.3, 0.4) is 0 Å². The van der Waals surface area contributed by atoms with Crippen LogP contribution in [0.5, 0.6) is 11.5 Å². The smallest absolute Gasteiger partial charge is 0.273 e. The van der Waals surface area contributed by atoms with Gasteiger partial charge in [-0.2, -0.15) is 0 Å². The van der Waals surface area contributed by atoms with Crippen molar-refractivity contribution in [1.29, 1.82) is 0 Å². The van der Waals surface area contributed by atoms with Gasteiger partial charge in [0, 0.05) is 28.8 Å². The molecule has 0 atom stereocenters. The van der Waals surface area contributed by atoms with Gasteiger partial charge >= 0.3 is 0 Å². The van der Waals surface area contributed by atoms with Crippen LogP contribution in [-0.2, 0) is 21.4 Å². The second-order valence-electron chi connectivity index (χ2n) is 7.85. The lowest BCUT2D eigenvalue weighted by Gasteiger charge is -2.26. The molecule has 0 spiro atoms. The van der Waals surface area contributed by atoms with E-state index in [2.05, 4.69) is 5.32 Å². The van der Waals surface area contributed by atoms with Crippen LogP contribution in [-0.4, -0.2) is 39.5 Å². The minimum absolute atomic E-state index is 0.00287. The number of para-hydroxylation sites is 1. The lowest BCUT2D eigenvalue weighted by Crippen LogP contribution is -2.41. The number of sulfonamides is 1. The second kappa shape index (κ2) is 11.9. The Morgan fingerprint density at radius 2 is 1.84 bits per heavy atom. The summed E-state index contributed by atoms with van der Waals surface area (Å²) in [6.07, 6.45) is 0. The Kier molecular flexibility index (Phi) is 8.95. The van der Waals surface area contributed by atoms with Crippen molar-refractivity contribution in [1.82, 2.24) is 5.32 Å². The Bertz CT molecular complexity index is 1410. The Balaban J connectivity index is 2.00. The number of nitrogens with one attached hydrogen (secondary N) is 1. The number of carbonyl (C=O) groups excluding carboxylic acids is 1. The van der Waals surface area contributed by atoms with E-state index in [1.807, 2.05) is 6.92 Å². The Morgan fingerprint density at radius 3 is 2.51 bits per heavy atom. The topological polar surface area (TPSA) is 128 Å². The number of aryl methyl sites for hydroxylation is 1. The quantitative estimate of drug-likeness (QED) is 0.277. The molecule has 10 nitrogen and oxygen atoms in total. The van der Waals surface area contributed by atoms with E-state index in [4.69, 9.17) is 21.1 Å². The van der Waals surface area contributed by atoms with E-state index in [1.54, 1.807) is 24.3 Å². The van der Waals surface area contributed by atoms with Crippen molar-refractivity contribution in [3.8, 4) is 11.5 Å². The Labute approximate surface area is 220 Å². The first-order valence-corrected chi connectivity index (χ1v) is 13.0. The molecule has 0 aliphatic rings. The van der Waals surface area contributed by atoms with Gasteiger partial charge in [-0.1, -0.05) is 35.9 Å². The lowest BCUT2D eigenvalue weighted by atomic mass is 10.2. The van der Waals surface area contributed by atoms with Gasteiger partial charge in [-0.15, -0.1) is 0 Å². The number of methoxy groups -OCH3 is 1. The molecule has 0 aromatic heterocycles. The zero-order chi connectivity index (χ0) is 27.2. The van der Waals surface area contributed by atoms with Crippen LogP contribution >= 0.6 is 11.6 Å². The van der Waals surface area contributed by atoms with Crippen LogP contribution in [0.2, 0.25) is 5.02 Å². The first-order valence-electron chi connectivity index (χ1n) is 11.2. The third kappa shape index (κ3) is 6.49. The standard InChI is InChI=1S/C25H26ClN3O7S/c1-4-36-23-8-6-5-7-18(23)15-27-25(30)16-28(22-13-19(26)10-12-24(22)35-3)37(33,34)20-11-9-17(2)21(14-20)29(31)32/h5-14H,4,15-16H2,1-3H3,(H,27,30). The van der Waals surface area contributed by atoms with Crippen molar-refractivity contribution >= 4 is 38.9 Å². The molecule has 0 saturated heterocycles. The van der Waals surface area contributed by atoms with Crippen molar-refractivity contribution in [3.63, 3.8) is 0 Å². The second-order valence-corrected chi connectivity index (χ2v) is 10.1. The van der Waals surface area contributed by atoms with Gasteiger partial charge in [0.05, 0.1) is 29.2 Å². The summed E-state index contributed by atoms with van der Waals surface area (Å²) in [6, 6.07) is 15.0. The molecule has 3 aromatic carbocycles. The summed E-state index contributed by atoms with van der Waals surface area (Å²) in [5.74, 6) is 0.112. The van der Waals surface area contributed by atoms with Crippen LogP contribution < -0.4 is 19.1 Å². The molecule has 1 N–H and O–H groups in total. The van der Waals surface area contributed by atoms with Crippen LogP contribution in [0.4, 0.5) is 11.4 Å². The summed E-state index contributed by atoms with van der Waals surface area (Å²) in [5, 5.41) is 14.4. The fourth-order valence-corrected chi connectivity index (χ4v) is 5.17. The molecule has 0 unspecified atom stereocenters. The molecular weight excluding hydrogens is 522 g/mol. The van der Waals surface area contributed by atoms with Crippen molar-refractivity contribution in [2.45, 2.75) is 25.3 Å². The minimum Gasteiger partial charge on any atom is -0.495 e. The summed E-state index contributed by atoms with van der Waals surface area (Å²) in [6.45, 7) is 3.23. The van der Waals surface area contributed by atoms with E-state index < -0.39 is 27.4 Å². The molecule has 0 fully saturated rings. The number of nitrogens with zero attached hydrogens (tertiary/aromatic N) is 2. The van der Waals surface area contributed by atoms with Crippen molar-refractivity contribution in [3.05, 3.63) is 86.9 Å². The molecule has 3 aromatic rings. The maximum atomic E-state index is 13.8. The first kappa shape index (κ1) is 27.8. The summed E-state index contributed by atoms with van der Waals surface area (Å²) in [5.41, 5.74) is 0.641. The fourth-order valence-electron chi connectivity index (χ4n) is 3.56. The molecule has 12 heteroatoms. The number of halogens is 1. The van der Waals surface area contributed by atoms with E-state index in [0.717, 1.165) is 10.4 Å². The summed E-state index contributed by atoms with van der Waals surface area (Å²) in [4.78, 5) is 23.4. The Hall–Kier alpha value is -3.83. The number of hydrogen-bond acceptors (Lipinski definition) is 7. The maximum Gasteiger partial charge on any atom is 0.273 e. The highest BCUT2D eigenvalue weighted by Crippen LogP contribution is 2.35. The van der Waals surface area contributed by atoms with Gasteiger partial charge < -0.3 is 14.8 Å². The van der Waals surface area contributed by atoms with Gasteiger partial charge in [0.2, 0.25) is 5.91 Å². The average molecular weight is 548 g/mol. The zero-order valence-electron chi connectivity index (χ0n) is 20.4. The van der Waals surface area contributed by atoms with Crippen LogP contribution in [0, 0.1) is 17.0 Å². The van der Waals surface area contributed by atoms with Gasteiger partial charge in [0.15, 0.2) is 0 Å². The van der Waals surface area contributed by atoms with Crippen molar-refractivity contribution in [2.75, 3.05) is 24.6 Å². The number of amides is 1. The molecule has 3 rings (SSSR count). The monoisotopic (exact) mass is 547 g/mol. The number of ether oxygens (including phenoxy) is 2. The molecule has 0 saturated carbocycles.